The smallest absolute Gasteiger partial charge is 0.273 e. The molecule has 1 saturated carbocycles. The molecule has 1 fully saturated rings. The van der Waals surface area contributed by atoms with Gasteiger partial charge in [-0.25, -0.2) is 4.98 Å². The number of hydrogen-bond acceptors (Lipinski definition) is 4. The molecule has 158 valence electrons. The Morgan fingerprint density at radius 2 is 1.93 bits per heavy atom. The molecule has 0 aliphatic heterocycles. The van der Waals surface area contributed by atoms with E-state index in [9.17, 15) is 9.59 Å². The Bertz CT molecular complexity index is 937. The van der Waals surface area contributed by atoms with Gasteiger partial charge in [-0.05, 0) is 31.9 Å². The molecule has 2 aromatic rings. The number of carbonyl (C=O) groups excluding carboxylic acids is 1. The summed E-state index contributed by atoms with van der Waals surface area (Å²) in [5.74, 6) is 0.639. The van der Waals surface area contributed by atoms with Crippen LogP contribution in [0.15, 0.2) is 23.0 Å². The minimum atomic E-state index is -0.413. The minimum Gasteiger partial charge on any atom is -0.497 e. The van der Waals surface area contributed by atoms with Gasteiger partial charge in [-0.3, -0.25) is 14.2 Å². The fraction of sp³-hybridized carbons (Fsp3) is 0.609. The Balaban J connectivity index is 2.07. The summed E-state index contributed by atoms with van der Waals surface area (Å²) in [6, 6.07) is 5.75. The van der Waals surface area contributed by atoms with E-state index in [2.05, 4.69) is 4.98 Å². The highest BCUT2D eigenvalue weighted by molar-refractivity contribution is 5.81. The van der Waals surface area contributed by atoms with Crippen molar-refractivity contribution in [3.63, 3.8) is 0 Å². The molecule has 1 amide bonds. The first-order valence-corrected chi connectivity index (χ1v) is 10.6. The fourth-order valence-corrected chi connectivity index (χ4v) is 4.25. The molecule has 1 aliphatic rings. The normalized spacial score (nSPS) is 15.5. The van der Waals surface area contributed by atoms with E-state index in [1.165, 1.54) is 6.42 Å². The number of likely N-dealkylation sites (N-methyl/N-ethyl adjacent to an activating group) is 1. The van der Waals surface area contributed by atoms with Crippen LogP contribution in [0.2, 0.25) is 0 Å². The molecule has 1 aromatic heterocycles. The molecule has 1 aliphatic carbocycles. The number of fused-ring (bicyclic) bond motifs is 1. The van der Waals surface area contributed by atoms with Gasteiger partial charge in [0.05, 0.1) is 18.1 Å². The van der Waals surface area contributed by atoms with Crippen molar-refractivity contribution in [3.05, 3.63) is 34.2 Å². The maximum Gasteiger partial charge on any atom is 0.273 e. The average molecular weight is 400 g/mol. The van der Waals surface area contributed by atoms with Crippen LogP contribution in [-0.4, -0.2) is 40.1 Å². The SMILES string of the molecule is CCN(C(=O)Cn1c(=O)c(C(C)(C)C)nc2ccc(OC)cc21)C1CCCCC1. The number of benzene rings is 1. The summed E-state index contributed by atoms with van der Waals surface area (Å²) in [4.78, 5) is 33.2. The lowest BCUT2D eigenvalue weighted by molar-refractivity contribution is -0.134. The van der Waals surface area contributed by atoms with E-state index < -0.39 is 5.41 Å². The second-order valence-corrected chi connectivity index (χ2v) is 8.93. The number of ether oxygens (including phenoxy) is 1. The number of carbonyl (C=O) groups is 1. The second-order valence-electron chi connectivity index (χ2n) is 8.93. The van der Waals surface area contributed by atoms with Crippen LogP contribution in [0.3, 0.4) is 0 Å². The molecule has 0 unspecified atom stereocenters. The first kappa shape index (κ1) is 21.3. The predicted molar refractivity (Wildman–Crippen MR) is 116 cm³/mol. The van der Waals surface area contributed by atoms with Crippen LogP contribution in [0.1, 0.15) is 65.5 Å². The van der Waals surface area contributed by atoms with E-state index in [1.54, 1.807) is 17.7 Å². The van der Waals surface area contributed by atoms with Crippen molar-refractivity contribution in [1.82, 2.24) is 14.5 Å². The van der Waals surface area contributed by atoms with Gasteiger partial charge in [0.2, 0.25) is 5.91 Å². The molecule has 1 aromatic carbocycles. The van der Waals surface area contributed by atoms with Crippen molar-refractivity contribution < 1.29 is 9.53 Å². The third-order valence-corrected chi connectivity index (χ3v) is 5.83. The van der Waals surface area contributed by atoms with Crippen molar-refractivity contribution in [3.8, 4) is 5.75 Å². The van der Waals surface area contributed by atoms with E-state index in [-0.39, 0.29) is 24.1 Å². The monoisotopic (exact) mass is 399 g/mol. The first-order valence-electron chi connectivity index (χ1n) is 10.6. The van der Waals surface area contributed by atoms with Gasteiger partial charge < -0.3 is 9.64 Å². The lowest BCUT2D eigenvalue weighted by Crippen LogP contribution is -2.44. The standard InChI is InChI=1S/C23H33N3O3/c1-6-25(16-10-8-7-9-11-16)20(27)15-26-19-14-17(29-5)12-13-18(19)24-21(22(26)28)23(2,3)4/h12-14,16H,6-11,15H2,1-5H3. The number of hydrogen-bond donors (Lipinski definition) is 0. The third kappa shape index (κ3) is 4.46. The molecule has 29 heavy (non-hydrogen) atoms. The van der Waals surface area contributed by atoms with Crippen LogP contribution in [-0.2, 0) is 16.8 Å². The minimum absolute atomic E-state index is 0.00307. The summed E-state index contributed by atoms with van der Waals surface area (Å²) in [7, 11) is 1.59. The Kier molecular flexibility index (Phi) is 6.30. The van der Waals surface area contributed by atoms with Crippen LogP contribution >= 0.6 is 0 Å². The lowest BCUT2D eigenvalue weighted by atomic mass is 9.92. The van der Waals surface area contributed by atoms with E-state index >= 15 is 0 Å². The number of nitrogens with zero attached hydrogens (tertiary/aromatic N) is 3. The average Bonchev–Trinajstić information content (AvgIpc) is 2.70. The molecule has 3 rings (SSSR count). The highest BCUT2D eigenvalue weighted by Gasteiger charge is 2.27. The van der Waals surface area contributed by atoms with Gasteiger partial charge in [0, 0.05) is 24.1 Å². The molecule has 0 saturated heterocycles. The highest BCUT2D eigenvalue weighted by Crippen LogP contribution is 2.25. The molecule has 0 atom stereocenters. The molecule has 0 spiro atoms. The molecular formula is C23H33N3O3. The van der Waals surface area contributed by atoms with Gasteiger partial charge in [-0.1, -0.05) is 40.0 Å². The van der Waals surface area contributed by atoms with E-state index in [0.29, 0.717) is 29.0 Å². The second kappa shape index (κ2) is 8.56. The van der Waals surface area contributed by atoms with Gasteiger partial charge in [0.1, 0.15) is 18.0 Å². The Morgan fingerprint density at radius 1 is 1.24 bits per heavy atom. The van der Waals surface area contributed by atoms with Crippen molar-refractivity contribution in [2.75, 3.05) is 13.7 Å². The highest BCUT2D eigenvalue weighted by atomic mass is 16.5. The van der Waals surface area contributed by atoms with Gasteiger partial charge in [-0.2, -0.15) is 0 Å². The Morgan fingerprint density at radius 3 is 2.52 bits per heavy atom. The molecule has 1 heterocycles. The zero-order valence-electron chi connectivity index (χ0n) is 18.3. The van der Waals surface area contributed by atoms with Gasteiger partial charge in [-0.15, -0.1) is 0 Å². The summed E-state index contributed by atoms with van der Waals surface area (Å²) in [6.07, 6.45) is 5.67. The van der Waals surface area contributed by atoms with Crippen molar-refractivity contribution in [1.29, 1.82) is 0 Å². The zero-order valence-corrected chi connectivity index (χ0v) is 18.3. The van der Waals surface area contributed by atoms with Crippen molar-refractivity contribution >= 4 is 16.9 Å². The fourth-order valence-electron chi connectivity index (χ4n) is 4.25. The topological polar surface area (TPSA) is 64.4 Å². The summed E-state index contributed by atoms with van der Waals surface area (Å²) in [5.41, 5.74) is 1.19. The van der Waals surface area contributed by atoms with Crippen LogP contribution in [0, 0.1) is 0 Å². The maximum atomic E-state index is 13.3. The third-order valence-electron chi connectivity index (χ3n) is 5.83. The lowest BCUT2D eigenvalue weighted by Gasteiger charge is -2.34. The molecule has 6 heteroatoms. The Labute approximate surface area is 172 Å². The quantitative estimate of drug-likeness (QED) is 0.765. The van der Waals surface area contributed by atoms with Crippen LogP contribution < -0.4 is 10.3 Å². The van der Waals surface area contributed by atoms with E-state index in [4.69, 9.17) is 4.74 Å². The van der Waals surface area contributed by atoms with Crippen molar-refractivity contribution in [2.45, 2.75) is 77.8 Å². The molecule has 0 N–H and O–H groups in total. The zero-order chi connectivity index (χ0) is 21.2. The van der Waals surface area contributed by atoms with Gasteiger partial charge >= 0.3 is 0 Å². The van der Waals surface area contributed by atoms with Gasteiger partial charge in [0.25, 0.3) is 5.56 Å². The summed E-state index contributed by atoms with van der Waals surface area (Å²) in [6.45, 7) is 8.62. The molecular weight excluding hydrogens is 366 g/mol. The van der Waals surface area contributed by atoms with Crippen LogP contribution in [0.5, 0.6) is 5.75 Å². The maximum absolute atomic E-state index is 13.3. The molecule has 6 nitrogen and oxygen atoms in total. The predicted octanol–water partition coefficient (Wildman–Crippen LogP) is 3.88. The number of amides is 1. The number of methoxy groups -OCH3 is 1. The summed E-state index contributed by atoms with van der Waals surface area (Å²) >= 11 is 0. The van der Waals surface area contributed by atoms with Crippen LogP contribution in [0.4, 0.5) is 0 Å². The molecule has 0 bridgehead atoms. The van der Waals surface area contributed by atoms with E-state index in [0.717, 1.165) is 25.7 Å². The van der Waals surface area contributed by atoms with Crippen LogP contribution in [0.25, 0.3) is 11.0 Å². The largest absolute Gasteiger partial charge is 0.497 e. The summed E-state index contributed by atoms with van der Waals surface area (Å²) < 4.78 is 6.93. The molecule has 0 radical (unpaired) electrons. The first-order chi connectivity index (χ1) is 13.8. The van der Waals surface area contributed by atoms with Crippen molar-refractivity contribution in [2.24, 2.45) is 0 Å². The summed E-state index contributed by atoms with van der Waals surface area (Å²) in [5, 5.41) is 0. The number of aromatic nitrogens is 2. The Hall–Kier alpha value is -2.37. The van der Waals surface area contributed by atoms with Gasteiger partial charge in [0.15, 0.2) is 0 Å². The number of rotatable bonds is 5. The van der Waals surface area contributed by atoms with E-state index in [1.807, 2.05) is 44.7 Å².